The van der Waals surface area contributed by atoms with Crippen molar-refractivity contribution in [2.24, 2.45) is 0 Å². The number of para-hydroxylation sites is 1. The fraction of sp³-hybridized carbons (Fsp3) is 0.316. The Morgan fingerprint density at radius 1 is 1.08 bits per heavy atom. The molecule has 26 heavy (non-hydrogen) atoms. The first-order valence-corrected chi connectivity index (χ1v) is 10.1. The third-order valence-corrected chi connectivity index (χ3v) is 5.55. The Hall–Kier alpha value is -2.38. The summed E-state index contributed by atoms with van der Waals surface area (Å²) in [5.41, 5.74) is 2.30. The largest absolute Gasteiger partial charge is 0.378 e. The molecule has 0 unspecified atom stereocenters. The molecular formula is C19H22N2O4S. The average molecular weight is 374 g/mol. The minimum Gasteiger partial charge on any atom is -0.378 e. The highest BCUT2D eigenvalue weighted by atomic mass is 32.2. The molecule has 138 valence electrons. The molecule has 1 N–H and O–H groups in total. The van der Waals surface area contributed by atoms with Crippen molar-refractivity contribution in [3.8, 4) is 0 Å². The van der Waals surface area contributed by atoms with E-state index in [2.05, 4.69) is 4.72 Å². The quantitative estimate of drug-likeness (QED) is 0.872. The Morgan fingerprint density at radius 2 is 1.73 bits per heavy atom. The van der Waals surface area contributed by atoms with E-state index in [1.165, 1.54) is 0 Å². The number of amides is 1. The number of anilines is 1. The zero-order valence-electron chi connectivity index (χ0n) is 14.6. The van der Waals surface area contributed by atoms with Crippen molar-refractivity contribution in [3.63, 3.8) is 0 Å². The lowest BCUT2D eigenvalue weighted by atomic mass is 10.1. The molecule has 0 aromatic heterocycles. The number of hydrogen-bond acceptors (Lipinski definition) is 4. The van der Waals surface area contributed by atoms with Gasteiger partial charge >= 0.3 is 0 Å². The number of sulfonamides is 1. The second-order valence-corrected chi connectivity index (χ2v) is 7.96. The predicted molar refractivity (Wildman–Crippen MR) is 101 cm³/mol. The van der Waals surface area contributed by atoms with Gasteiger partial charge in [0, 0.05) is 13.1 Å². The summed E-state index contributed by atoms with van der Waals surface area (Å²) in [5.74, 6) is -0.331. The number of hydrogen-bond donors (Lipinski definition) is 1. The maximum absolute atomic E-state index is 12.8. The van der Waals surface area contributed by atoms with Gasteiger partial charge in [-0.3, -0.25) is 9.52 Å². The number of aryl methyl sites for hydroxylation is 1. The van der Waals surface area contributed by atoms with Crippen LogP contribution in [0.1, 0.15) is 21.5 Å². The number of rotatable bonds is 5. The van der Waals surface area contributed by atoms with E-state index in [0.717, 1.165) is 11.1 Å². The van der Waals surface area contributed by atoms with Crippen molar-refractivity contribution in [2.45, 2.75) is 12.7 Å². The van der Waals surface area contributed by atoms with Crippen LogP contribution in [0.25, 0.3) is 0 Å². The van der Waals surface area contributed by atoms with Crippen LogP contribution >= 0.6 is 0 Å². The molecule has 2 aromatic rings. The number of nitrogens with zero attached hydrogens (tertiary/aromatic N) is 1. The SMILES string of the molecule is Cc1ccccc1CS(=O)(=O)Nc1ccccc1C(=O)N1CCOCC1. The van der Waals surface area contributed by atoms with E-state index in [0.29, 0.717) is 37.6 Å². The van der Waals surface area contributed by atoms with Crippen molar-refractivity contribution in [1.82, 2.24) is 4.90 Å². The molecular weight excluding hydrogens is 352 g/mol. The molecule has 3 rings (SSSR count). The smallest absolute Gasteiger partial charge is 0.256 e. The van der Waals surface area contributed by atoms with Gasteiger partial charge < -0.3 is 9.64 Å². The van der Waals surface area contributed by atoms with E-state index in [1.54, 1.807) is 35.2 Å². The Kier molecular flexibility index (Phi) is 5.58. The molecule has 1 saturated heterocycles. The van der Waals surface area contributed by atoms with Crippen molar-refractivity contribution in [2.75, 3.05) is 31.0 Å². The first-order chi connectivity index (χ1) is 12.5. The molecule has 7 heteroatoms. The van der Waals surface area contributed by atoms with E-state index in [4.69, 9.17) is 4.74 Å². The molecule has 0 spiro atoms. The van der Waals surface area contributed by atoms with E-state index in [-0.39, 0.29) is 11.7 Å². The maximum atomic E-state index is 12.8. The predicted octanol–water partition coefficient (Wildman–Crippen LogP) is 2.41. The lowest BCUT2D eigenvalue weighted by molar-refractivity contribution is 0.0303. The van der Waals surface area contributed by atoms with Crippen LogP contribution in [0.4, 0.5) is 5.69 Å². The lowest BCUT2D eigenvalue weighted by Gasteiger charge is -2.27. The highest BCUT2D eigenvalue weighted by molar-refractivity contribution is 7.91. The van der Waals surface area contributed by atoms with Gasteiger partial charge in [0.05, 0.1) is 30.2 Å². The minimum absolute atomic E-state index is 0.139. The van der Waals surface area contributed by atoms with Crippen LogP contribution < -0.4 is 4.72 Å². The second kappa shape index (κ2) is 7.88. The Bertz CT molecular complexity index is 890. The normalized spacial score (nSPS) is 14.9. The number of carbonyl (C=O) groups excluding carboxylic acids is 1. The molecule has 1 heterocycles. The topological polar surface area (TPSA) is 75.7 Å². The van der Waals surface area contributed by atoms with Crippen LogP contribution in [0.3, 0.4) is 0 Å². The maximum Gasteiger partial charge on any atom is 0.256 e. The first kappa shape index (κ1) is 18.4. The van der Waals surface area contributed by atoms with Gasteiger partial charge in [-0.1, -0.05) is 36.4 Å². The number of ether oxygens (including phenoxy) is 1. The van der Waals surface area contributed by atoms with E-state index < -0.39 is 10.0 Å². The van der Waals surface area contributed by atoms with Gasteiger partial charge in [0.1, 0.15) is 0 Å². The van der Waals surface area contributed by atoms with Gasteiger partial charge in [0.15, 0.2) is 0 Å². The summed E-state index contributed by atoms with van der Waals surface area (Å²) in [6, 6.07) is 14.0. The standard InChI is InChI=1S/C19H22N2O4S/c1-15-6-2-3-7-16(15)14-26(23,24)20-18-9-5-4-8-17(18)19(22)21-10-12-25-13-11-21/h2-9,20H,10-14H2,1H3. The molecule has 6 nitrogen and oxygen atoms in total. The number of benzene rings is 2. The number of nitrogens with one attached hydrogen (secondary N) is 1. The van der Waals surface area contributed by atoms with Crippen molar-refractivity contribution in [3.05, 3.63) is 65.2 Å². The molecule has 0 saturated carbocycles. The summed E-state index contributed by atoms with van der Waals surface area (Å²) in [7, 11) is -3.64. The lowest BCUT2D eigenvalue weighted by Crippen LogP contribution is -2.41. The van der Waals surface area contributed by atoms with Crippen molar-refractivity contribution in [1.29, 1.82) is 0 Å². The molecule has 0 bridgehead atoms. The second-order valence-electron chi connectivity index (χ2n) is 6.24. The minimum atomic E-state index is -3.64. The van der Waals surface area contributed by atoms with Crippen LogP contribution in [0.15, 0.2) is 48.5 Å². The fourth-order valence-corrected chi connectivity index (χ4v) is 4.19. The van der Waals surface area contributed by atoms with E-state index in [1.807, 2.05) is 25.1 Å². The third-order valence-electron chi connectivity index (χ3n) is 4.33. The zero-order valence-corrected chi connectivity index (χ0v) is 15.5. The summed E-state index contributed by atoms with van der Waals surface area (Å²) >= 11 is 0. The van der Waals surface area contributed by atoms with E-state index in [9.17, 15) is 13.2 Å². The molecule has 0 radical (unpaired) electrons. The van der Waals surface area contributed by atoms with Gasteiger partial charge in [0.25, 0.3) is 5.91 Å². The number of carbonyl (C=O) groups is 1. The summed E-state index contributed by atoms with van der Waals surface area (Å²) in [4.78, 5) is 14.4. The van der Waals surface area contributed by atoms with E-state index >= 15 is 0 Å². The molecule has 1 aliphatic heterocycles. The molecule has 0 atom stereocenters. The third kappa shape index (κ3) is 4.42. The summed E-state index contributed by atoms with van der Waals surface area (Å²) in [6.45, 7) is 3.87. The van der Waals surface area contributed by atoms with Crippen LogP contribution in [0.2, 0.25) is 0 Å². The van der Waals surface area contributed by atoms with Gasteiger partial charge in [0.2, 0.25) is 10.0 Å². The van der Waals surface area contributed by atoms with Gasteiger partial charge in [-0.2, -0.15) is 0 Å². The summed E-state index contributed by atoms with van der Waals surface area (Å²) < 4.78 is 33.1. The van der Waals surface area contributed by atoms with Crippen LogP contribution in [0, 0.1) is 6.92 Å². The van der Waals surface area contributed by atoms with Crippen LogP contribution in [-0.4, -0.2) is 45.5 Å². The van der Waals surface area contributed by atoms with Gasteiger partial charge in [-0.25, -0.2) is 8.42 Å². The molecule has 1 amide bonds. The Labute approximate surface area is 153 Å². The summed E-state index contributed by atoms with van der Waals surface area (Å²) in [5, 5.41) is 0. The Balaban J connectivity index is 1.81. The number of morpholine rings is 1. The molecule has 1 fully saturated rings. The van der Waals surface area contributed by atoms with Crippen molar-refractivity contribution < 1.29 is 17.9 Å². The van der Waals surface area contributed by atoms with Crippen molar-refractivity contribution >= 4 is 21.6 Å². The molecule has 1 aliphatic rings. The molecule has 0 aliphatic carbocycles. The van der Waals surface area contributed by atoms with Gasteiger partial charge in [-0.15, -0.1) is 0 Å². The summed E-state index contributed by atoms with van der Waals surface area (Å²) in [6.07, 6.45) is 0. The zero-order chi connectivity index (χ0) is 18.6. The van der Waals surface area contributed by atoms with Crippen LogP contribution in [0.5, 0.6) is 0 Å². The first-order valence-electron chi connectivity index (χ1n) is 8.47. The fourth-order valence-electron chi connectivity index (χ4n) is 2.88. The monoisotopic (exact) mass is 374 g/mol. The Morgan fingerprint density at radius 3 is 2.46 bits per heavy atom. The highest BCUT2D eigenvalue weighted by Crippen LogP contribution is 2.21. The highest BCUT2D eigenvalue weighted by Gasteiger charge is 2.23. The van der Waals surface area contributed by atoms with Gasteiger partial charge in [-0.05, 0) is 30.2 Å². The van der Waals surface area contributed by atoms with Crippen LogP contribution in [-0.2, 0) is 20.5 Å². The average Bonchev–Trinajstić information content (AvgIpc) is 2.64. The molecule has 2 aromatic carbocycles.